The van der Waals surface area contributed by atoms with Crippen LogP contribution in [0.3, 0.4) is 0 Å². The van der Waals surface area contributed by atoms with Gasteiger partial charge in [0.05, 0.1) is 0 Å². The van der Waals surface area contributed by atoms with Crippen molar-refractivity contribution in [2.75, 3.05) is 0 Å². The van der Waals surface area contributed by atoms with Gasteiger partial charge in [-0.2, -0.15) is 0 Å². The van der Waals surface area contributed by atoms with Gasteiger partial charge in [0.15, 0.2) is 0 Å². The maximum absolute atomic E-state index is 2.19. The van der Waals surface area contributed by atoms with E-state index in [2.05, 4.69) is 55.4 Å². The molecule has 100 valence electrons. The second-order valence-corrected chi connectivity index (χ2v) is 5.00. The van der Waals surface area contributed by atoms with E-state index in [1.54, 1.807) is 0 Å². The molecule has 0 aliphatic rings. The van der Waals surface area contributed by atoms with Crippen molar-refractivity contribution in [3.63, 3.8) is 0 Å². The van der Waals surface area contributed by atoms with Crippen LogP contribution in [0.2, 0.25) is 0 Å². The summed E-state index contributed by atoms with van der Waals surface area (Å²) in [4.78, 5) is 0. The standard InChI is InChI=1S/C6H12.C5H12.4CH4/c1-5(2)6(3)4;1-5(2,3)4;;;;/h1-4H3;1-4H3;4*1H4. The SMILES string of the molecule is C.C.C.C.CC(C)(C)C.CC(C)=C(C)C. The van der Waals surface area contributed by atoms with E-state index in [-0.39, 0.29) is 29.7 Å². The molecule has 0 saturated carbocycles. The third kappa shape index (κ3) is 135. The molecule has 0 aromatic rings. The van der Waals surface area contributed by atoms with Crippen LogP contribution >= 0.6 is 0 Å². The van der Waals surface area contributed by atoms with Crippen LogP contribution in [0.15, 0.2) is 11.1 Å². The van der Waals surface area contributed by atoms with E-state index in [4.69, 9.17) is 0 Å². The summed E-state index contributed by atoms with van der Waals surface area (Å²) in [7, 11) is 0. The predicted molar refractivity (Wildman–Crippen MR) is 81.8 cm³/mol. The first-order chi connectivity index (χ1) is 4.64. The first-order valence-corrected chi connectivity index (χ1v) is 4.25. The van der Waals surface area contributed by atoms with E-state index in [0.29, 0.717) is 5.41 Å². The van der Waals surface area contributed by atoms with E-state index >= 15 is 0 Å². The number of allylic oxidation sites excluding steroid dienone is 2. The molecule has 0 spiro atoms. The predicted octanol–water partition coefficient (Wildman–Crippen LogP) is 6.96. The third-order valence-corrected chi connectivity index (χ3v) is 1.00. The fourth-order valence-corrected chi connectivity index (χ4v) is 0. The van der Waals surface area contributed by atoms with Crippen molar-refractivity contribution in [1.29, 1.82) is 0 Å². The molecule has 0 unspecified atom stereocenters. The molecule has 0 saturated heterocycles. The second-order valence-electron chi connectivity index (χ2n) is 5.00. The van der Waals surface area contributed by atoms with Gasteiger partial charge in [-0.1, -0.05) is 68.5 Å². The van der Waals surface area contributed by atoms with Crippen LogP contribution < -0.4 is 0 Å². The smallest absolute Gasteiger partial charge is 0.0411 e. The number of rotatable bonds is 0. The van der Waals surface area contributed by atoms with E-state index < -0.39 is 0 Å². The summed E-state index contributed by atoms with van der Waals surface area (Å²) in [5.41, 5.74) is 3.35. The summed E-state index contributed by atoms with van der Waals surface area (Å²) in [6.07, 6.45) is 0. The Bertz CT molecular complexity index is 97.5. The molecule has 0 aromatic carbocycles. The average molecular weight is 220 g/mol. The zero-order valence-electron chi connectivity index (χ0n) is 9.50. The van der Waals surface area contributed by atoms with E-state index in [0.717, 1.165) is 0 Å². The molecule has 0 nitrogen and oxygen atoms in total. The maximum atomic E-state index is 2.19. The van der Waals surface area contributed by atoms with Gasteiger partial charge in [-0.05, 0) is 33.1 Å². The highest BCUT2D eigenvalue weighted by Gasteiger charge is 1.95. The van der Waals surface area contributed by atoms with Gasteiger partial charge >= 0.3 is 0 Å². The molecule has 0 N–H and O–H groups in total. The lowest BCUT2D eigenvalue weighted by Gasteiger charge is -2.05. The first kappa shape index (κ1) is 36.4. The highest BCUT2D eigenvalue weighted by atomic mass is 14.0. The Morgan fingerprint density at radius 2 is 0.600 bits per heavy atom. The molecule has 0 atom stereocenters. The lowest BCUT2D eigenvalue weighted by molar-refractivity contribution is 0.469. The lowest BCUT2D eigenvalue weighted by Crippen LogP contribution is -1.93. The van der Waals surface area contributed by atoms with Crippen molar-refractivity contribution in [2.45, 2.75) is 85.1 Å². The second kappa shape index (κ2) is 16.2. The fourth-order valence-electron chi connectivity index (χ4n) is 0. The minimum absolute atomic E-state index is 0. The van der Waals surface area contributed by atoms with E-state index in [9.17, 15) is 0 Å². The molecule has 0 fully saturated rings. The topological polar surface area (TPSA) is 0 Å². The highest BCUT2D eigenvalue weighted by Crippen LogP contribution is 2.08. The van der Waals surface area contributed by atoms with Gasteiger partial charge in [0, 0.05) is 0 Å². The van der Waals surface area contributed by atoms with Crippen molar-refractivity contribution in [1.82, 2.24) is 0 Å². The molecule has 0 rings (SSSR count). The monoisotopic (exact) mass is 220 g/mol. The first-order valence-electron chi connectivity index (χ1n) is 4.25. The van der Waals surface area contributed by atoms with E-state index in [1.807, 2.05) is 0 Å². The molecule has 0 amide bonds. The molecule has 0 aliphatic heterocycles. The van der Waals surface area contributed by atoms with E-state index in [1.165, 1.54) is 11.1 Å². The Labute approximate surface area is 102 Å². The van der Waals surface area contributed by atoms with Crippen LogP contribution in [-0.4, -0.2) is 0 Å². The van der Waals surface area contributed by atoms with Crippen molar-refractivity contribution < 1.29 is 0 Å². The quantitative estimate of drug-likeness (QED) is 0.387. The van der Waals surface area contributed by atoms with Gasteiger partial charge in [-0.15, -0.1) is 0 Å². The van der Waals surface area contributed by atoms with Gasteiger partial charge in [0.1, 0.15) is 0 Å². The fraction of sp³-hybridized carbons (Fsp3) is 0.867. The van der Waals surface area contributed by atoms with Gasteiger partial charge in [0.2, 0.25) is 0 Å². The number of hydrogen-bond acceptors (Lipinski definition) is 0. The van der Waals surface area contributed by atoms with Crippen LogP contribution in [0, 0.1) is 5.41 Å². The Kier molecular flexibility index (Phi) is 39.3. The molecule has 0 bridgehead atoms. The zero-order chi connectivity index (χ0) is 9.65. The Morgan fingerprint density at radius 3 is 0.600 bits per heavy atom. The van der Waals surface area contributed by atoms with Gasteiger partial charge < -0.3 is 0 Å². The van der Waals surface area contributed by atoms with Gasteiger partial charge in [-0.25, -0.2) is 0 Å². The molecule has 0 radical (unpaired) electrons. The summed E-state index contributed by atoms with van der Waals surface area (Å²) in [5, 5.41) is 0. The highest BCUT2D eigenvalue weighted by molar-refractivity contribution is 5.02. The van der Waals surface area contributed by atoms with Gasteiger partial charge in [-0.3, -0.25) is 0 Å². The minimum Gasteiger partial charge on any atom is -0.0778 e. The van der Waals surface area contributed by atoms with Crippen LogP contribution in [0.5, 0.6) is 0 Å². The molecular formula is C15H40. The van der Waals surface area contributed by atoms with Crippen molar-refractivity contribution in [3.05, 3.63) is 11.1 Å². The average Bonchev–Trinajstić information content (AvgIpc) is 1.59. The number of hydrogen-bond donors (Lipinski definition) is 0. The minimum atomic E-state index is 0. The van der Waals surface area contributed by atoms with Crippen molar-refractivity contribution >= 4 is 0 Å². The molecule has 0 heteroatoms. The van der Waals surface area contributed by atoms with Crippen LogP contribution in [-0.2, 0) is 0 Å². The summed E-state index contributed by atoms with van der Waals surface area (Å²) in [6, 6.07) is 0. The van der Waals surface area contributed by atoms with Crippen LogP contribution in [0.1, 0.15) is 85.1 Å². The molecule has 15 heavy (non-hydrogen) atoms. The van der Waals surface area contributed by atoms with Crippen molar-refractivity contribution in [2.24, 2.45) is 5.41 Å². The Morgan fingerprint density at radius 1 is 0.533 bits per heavy atom. The molecular weight excluding hydrogens is 180 g/mol. The lowest BCUT2D eigenvalue weighted by atomic mass is 10.0. The van der Waals surface area contributed by atoms with Crippen molar-refractivity contribution in [3.8, 4) is 0 Å². The van der Waals surface area contributed by atoms with Gasteiger partial charge in [0.25, 0.3) is 0 Å². The van der Waals surface area contributed by atoms with Crippen LogP contribution in [0.25, 0.3) is 0 Å². The normalized spacial score (nSPS) is 7.20. The molecule has 0 aliphatic carbocycles. The Hall–Kier alpha value is -0.260. The summed E-state index contributed by atoms with van der Waals surface area (Å²) in [5.74, 6) is 0. The molecule has 0 aromatic heterocycles. The maximum Gasteiger partial charge on any atom is -0.0411 e. The third-order valence-electron chi connectivity index (χ3n) is 1.00. The summed E-state index contributed by atoms with van der Waals surface area (Å²) < 4.78 is 0. The Balaban J connectivity index is -0.0000000215. The summed E-state index contributed by atoms with van der Waals surface area (Å²) in [6.45, 7) is 17.2. The zero-order valence-corrected chi connectivity index (χ0v) is 9.50. The summed E-state index contributed by atoms with van der Waals surface area (Å²) >= 11 is 0. The molecule has 0 heterocycles. The van der Waals surface area contributed by atoms with Crippen LogP contribution in [0.4, 0.5) is 0 Å². The largest absolute Gasteiger partial charge is 0.0778 e.